The monoisotopic (exact) mass is 817 g/mol. The fourth-order valence-corrected chi connectivity index (χ4v) is 11.3. The molecule has 3 heteroatoms. The second kappa shape index (κ2) is 13.9. The Morgan fingerprint density at radius 1 is 0.422 bits per heavy atom. The molecule has 0 radical (unpaired) electrons. The Hall–Kier alpha value is -8.14. The van der Waals surface area contributed by atoms with Crippen LogP contribution in [0.25, 0.3) is 82.3 Å². The molecule has 0 amide bonds. The average Bonchev–Trinajstić information content (AvgIpc) is 3.96. The molecular formula is C61H43N3. The molecule has 2 heterocycles. The molecule has 1 atom stereocenters. The Kier molecular flexibility index (Phi) is 7.95. The third-order valence-corrected chi connectivity index (χ3v) is 14.2. The minimum absolute atomic E-state index is 0.472. The Morgan fingerprint density at radius 3 is 1.81 bits per heavy atom. The lowest BCUT2D eigenvalue weighted by atomic mass is 9.73. The number of rotatable bonds is 6. The van der Waals surface area contributed by atoms with Gasteiger partial charge in [-0.2, -0.15) is 0 Å². The van der Waals surface area contributed by atoms with E-state index in [1.54, 1.807) is 0 Å². The average molecular weight is 818 g/mol. The lowest BCUT2D eigenvalue weighted by molar-refractivity contribution is 0.714. The van der Waals surface area contributed by atoms with Crippen molar-refractivity contribution >= 4 is 71.4 Å². The lowest BCUT2D eigenvalue weighted by Gasteiger charge is -2.32. The van der Waals surface area contributed by atoms with Crippen molar-refractivity contribution in [3.05, 3.63) is 241 Å². The van der Waals surface area contributed by atoms with Crippen LogP contribution in [0, 0.1) is 0 Å². The summed E-state index contributed by atoms with van der Waals surface area (Å²) in [6, 6.07) is 82.9. The van der Waals surface area contributed by atoms with Crippen molar-refractivity contribution in [2.45, 2.75) is 12.3 Å². The number of nitrogens with zero attached hydrogens (tertiary/aromatic N) is 3. The predicted molar refractivity (Wildman–Crippen MR) is 270 cm³/mol. The molecule has 1 unspecified atom stereocenters. The van der Waals surface area contributed by atoms with E-state index in [1.165, 1.54) is 93.3 Å². The van der Waals surface area contributed by atoms with E-state index in [-0.39, 0.29) is 0 Å². The maximum absolute atomic E-state index is 2.52. The minimum Gasteiger partial charge on any atom is -0.342 e. The molecule has 3 nitrogen and oxygen atoms in total. The molecule has 0 fully saturated rings. The maximum Gasteiger partial charge on any atom is 0.0733 e. The Balaban J connectivity index is 1.09. The topological polar surface area (TPSA) is 13.1 Å². The van der Waals surface area contributed by atoms with Crippen molar-refractivity contribution < 1.29 is 0 Å². The molecule has 0 saturated carbocycles. The van der Waals surface area contributed by atoms with Gasteiger partial charge in [0, 0.05) is 56.3 Å². The molecule has 1 aliphatic rings. The zero-order valence-corrected chi connectivity index (χ0v) is 35.7. The first-order valence-electron chi connectivity index (χ1n) is 22.3. The van der Waals surface area contributed by atoms with Crippen LogP contribution in [0.1, 0.15) is 23.6 Å². The van der Waals surface area contributed by atoms with E-state index >= 15 is 0 Å². The van der Waals surface area contributed by atoms with Crippen LogP contribution in [0.4, 0.5) is 17.1 Å². The second-order valence-corrected chi connectivity index (χ2v) is 17.4. The molecule has 0 N–H and O–H groups in total. The van der Waals surface area contributed by atoms with Gasteiger partial charge in [0.1, 0.15) is 0 Å². The van der Waals surface area contributed by atoms with Gasteiger partial charge >= 0.3 is 0 Å². The van der Waals surface area contributed by atoms with Crippen LogP contribution in [0.15, 0.2) is 224 Å². The molecular weight excluding hydrogens is 775 g/mol. The smallest absolute Gasteiger partial charge is 0.0733 e. The molecule has 0 spiro atoms. The zero-order chi connectivity index (χ0) is 42.5. The van der Waals surface area contributed by atoms with E-state index in [2.05, 4.69) is 252 Å². The van der Waals surface area contributed by atoms with E-state index in [1.807, 2.05) is 0 Å². The highest BCUT2D eigenvalue weighted by Gasteiger charge is 2.43. The molecule has 0 bridgehead atoms. The standard InChI is InChI=1S/C61H43N3/c1-61(41-20-6-3-7-21-41)51-38-40(44-30-18-34-55-59(44)50-29-15-17-33-54(50)63(55)42-22-8-4-9-23-42)36-37-49(51)58-47-28-13-12-26-45(47)57(39-52(58)61)64(43-24-10-5-11-25-43)56-35-19-31-48-46-27-14-16-32-53(46)62(2)60(48)56/h3-39H,1-2H3. The fourth-order valence-electron chi connectivity index (χ4n) is 11.3. The third-order valence-electron chi connectivity index (χ3n) is 14.2. The van der Waals surface area contributed by atoms with Gasteiger partial charge in [0.2, 0.25) is 0 Å². The number of aromatic nitrogens is 2. The highest BCUT2D eigenvalue weighted by molar-refractivity contribution is 6.18. The van der Waals surface area contributed by atoms with Crippen molar-refractivity contribution in [2.24, 2.45) is 7.05 Å². The molecule has 10 aromatic carbocycles. The van der Waals surface area contributed by atoms with Crippen LogP contribution < -0.4 is 4.90 Å². The first-order valence-corrected chi connectivity index (χ1v) is 22.3. The van der Waals surface area contributed by atoms with Gasteiger partial charge in [-0.05, 0) is 112 Å². The van der Waals surface area contributed by atoms with Gasteiger partial charge in [-0.25, -0.2) is 0 Å². The van der Waals surface area contributed by atoms with Gasteiger partial charge in [0.05, 0.1) is 27.9 Å². The van der Waals surface area contributed by atoms with Crippen molar-refractivity contribution in [1.82, 2.24) is 9.13 Å². The van der Waals surface area contributed by atoms with E-state index in [9.17, 15) is 0 Å². The minimum atomic E-state index is -0.472. The molecule has 64 heavy (non-hydrogen) atoms. The van der Waals surface area contributed by atoms with Crippen molar-refractivity contribution in [2.75, 3.05) is 4.90 Å². The van der Waals surface area contributed by atoms with Crippen LogP contribution in [0.2, 0.25) is 0 Å². The van der Waals surface area contributed by atoms with Crippen molar-refractivity contribution in [1.29, 1.82) is 0 Å². The van der Waals surface area contributed by atoms with Crippen LogP contribution in [-0.2, 0) is 12.5 Å². The summed E-state index contributed by atoms with van der Waals surface area (Å²) in [6.07, 6.45) is 0. The highest BCUT2D eigenvalue weighted by Crippen LogP contribution is 2.58. The number of hydrogen-bond donors (Lipinski definition) is 0. The van der Waals surface area contributed by atoms with Gasteiger partial charge < -0.3 is 14.0 Å². The SMILES string of the molecule is Cn1c2ccccc2c2cccc(N(c3ccccc3)c3cc4c(c5ccccc35)-c3ccc(-c5cccc6c5c5ccccc5n6-c5ccccc5)cc3C4(C)c3ccccc3)c21. The summed E-state index contributed by atoms with van der Waals surface area (Å²) in [7, 11) is 2.21. The summed E-state index contributed by atoms with van der Waals surface area (Å²) in [5, 5.41) is 7.50. The lowest BCUT2D eigenvalue weighted by Crippen LogP contribution is -2.23. The van der Waals surface area contributed by atoms with E-state index in [4.69, 9.17) is 0 Å². The fraction of sp³-hybridized carbons (Fsp3) is 0.0492. The quantitative estimate of drug-likeness (QED) is 0.163. The largest absolute Gasteiger partial charge is 0.342 e. The van der Waals surface area contributed by atoms with Crippen LogP contribution >= 0.6 is 0 Å². The van der Waals surface area contributed by atoms with Crippen molar-refractivity contribution in [3.63, 3.8) is 0 Å². The second-order valence-electron chi connectivity index (χ2n) is 17.4. The van der Waals surface area contributed by atoms with Gasteiger partial charge in [0.25, 0.3) is 0 Å². The number of anilines is 3. The summed E-state index contributed by atoms with van der Waals surface area (Å²) < 4.78 is 4.78. The highest BCUT2D eigenvalue weighted by atomic mass is 15.2. The summed E-state index contributed by atoms with van der Waals surface area (Å²) in [5.41, 5.74) is 17.9. The molecule has 1 aliphatic carbocycles. The maximum atomic E-state index is 2.52. The summed E-state index contributed by atoms with van der Waals surface area (Å²) in [6.45, 7) is 2.45. The molecule has 2 aromatic heterocycles. The summed E-state index contributed by atoms with van der Waals surface area (Å²) in [5.74, 6) is 0. The Bertz CT molecular complexity index is 3800. The van der Waals surface area contributed by atoms with Gasteiger partial charge in [-0.1, -0.05) is 164 Å². The molecule has 12 aromatic rings. The summed E-state index contributed by atoms with van der Waals surface area (Å²) >= 11 is 0. The van der Waals surface area contributed by atoms with Gasteiger partial charge in [-0.15, -0.1) is 0 Å². The van der Waals surface area contributed by atoms with E-state index in [0.717, 1.165) is 22.7 Å². The Morgan fingerprint density at radius 2 is 1.03 bits per heavy atom. The number of para-hydroxylation sites is 5. The molecule has 302 valence electrons. The number of fused-ring (bicyclic) bond motifs is 11. The Labute approximate surface area is 372 Å². The molecule has 0 saturated heterocycles. The molecule has 0 aliphatic heterocycles. The van der Waals surface area contributed by atoms with Crippen LogP contribution in [0.3, 0.4) is 0 Å². The number of hydrogen-bond acceptors (Lipinski definition) is 1. The van der Waals surface area contributed by atoms with E-state index < -0.39 is 5.41 Å². The first-order chi connectivity index (χ1) is 31.6. The first kappa shape index (κ1) is 36.5. The van der Waals surface area contributed by atoms with Crippen molar-refractivity contribution in [3.8, 4) is 27.9 Å². The number of aryl methyl sites for hydroxylation is 1. The predicted octanol–water partition coefficient (Wildman–Crippen LogP) is 16.1. The normalized spacial score (nSPS) is 14.5. The summed E-state index contributed by atoms with van der Waals surface area (Å²) in [4.78, 5) is 2.51. The van der Waals surface area contributed by atoms with Crippen LogP contribution in [-0.4, -0.2) is 9.13 Å². The zero-order valence-electron chi connectivity index (χ0n) is 35.7. The third kappa shape index (κ3) is 5.10. The van der Waals surface area contributed by atoms with Crippen LogP contribution in [0.5, 0.6) is 0 Å². The molecule has 13 rings (SSSR count). The van der Waals surface area contributed by atoms with Gasteiger partial charge in [0.15, 0.2) is 0 Å². The number of benzene rings is 10. The van der Waals surface area contributed by atoms with Gasteiger partial charge in [-0.3, -0.25) is 0 Å². The van der Waals surface area contributed by atoms with E-state index in [0.29, 0.717) is 0 Å².